The highest BCUT2D eigenvalue weighted by atomic mass is 32.1. The van der Waals surface area contributed by atoms with Gasteiger partial charge in [-0.1, -0.05) is 18.2 Å². The van der Waals surface area contributed by atoms with Crippen molar-refractivity contribution in [2.75, 3.05) is 11.9 Å². The summed E-state index contributed by atoms with van der Waals surface area (Å²) in [5.41, 5.74) is 4.85. The average molecular weight is 461 g/mol. The van der Waals surface area contributed by atoms with Crippen molar-refractivity contribution in [3.8, 4) is 0 Å². The molecular formula is C24H20N4O4S. The SMILES string of the molecule is CC(=O)Nc1ccc(C2=C/C(=C\c3cccs3)C(=O)N2CC(=O)N/N=C/c2ccco2)cc1. The molecule has 3 heterocycles. The third-order valence-electron chi connectivity index (χ3n) is 4.64. The number of amides is 3. The Morgan fingerprint density at radius 1 is 1.15 bits per heavy atom. The van der Waals surface area contributed by atoms with Crippen LogP contribution < -0.4 is 10.7 Å². The molecule has 0 saturated carbocycles. The number of anilines is 1. The first-order valence-corrected chi connectivity index (χ1v) is 10.9. The van der Waals surface area contributed by atoms with Gasteiger partial charge < -0.3 is 9.73 Å². The monoisotopic (exact) mass is 460 g/mol. The topological polar surface area (TPSA) is 104 Å². The number of thiophene rings is 1. The van der Waals surface area contributed by atoms with Crippen LogP contribution in [-0.4, -0.2) is 35.4 Å². The van der Waals surface area contributed by atoms with Crippen LogP contribution in [0.1, 0.15) is 23.1 Å². The Labute approximate surface area is 193 Å². The quantitative estimate of drug-likeness (QED) is 0.319. The third kappa shape index (κ3) is 5.52. The molecule has 1 aliphatic heterocycles. The molecule has 2 N–H and O–H groups in total. The molecule has 4 rings (SSSR count). The molecule has 166 valence electrons. The van der Waals surface area contributed by atoms with Crippen LogP contribution in [-0.2, 0) is 14.4 Å². The molecule has 0 atom stereocenters. The summed E-state index contributed by atoms with van der Waals surface area (Å²) in [5, 5.41) is 8.51. The van der Waals surface area contributed by atoms with Crippen LogP contribution in [0.3, 0.4) is 0 Å². The van der Waals surface area contributed by atoms with E-state index in [1.807, 2.05) is 17.5 Å². The van der Waals surface area contributed by atoms with Crippen molar-refractivity contribution in [3.05, 3.63) is 88.0 Å². The lowest BCUT2D eigenvalue weighted by Gasteiger charge is -2.19. The van der Waals surface area contributed by atoms with Gasteiger partial charge in [-0.2, -0.15) is 5.10 Å². The van der Waals surface area contributed by atoms with Crippen molar-refractivity contribution in [1.82, 2.24) is 10.3 Å². The first-order chi connectivity index (χ1) is 16.0. The predicted molar refractivity (Wildman–Crippen MR) is 127 cm³/mol. The van der Waals surface area contributed by atoms with Crippen LogP contribution in [0, 0.1) is 0 Å². The van der Waals surface area contributed by atoms with Gasteiger partial charge in [-0.05, 0) is 53.4 Å². The number of carbonyl (C=O) groups is 3. The van der Waals surface area contributed by atoms with E-state index < -0.39 is 5.91 Å². The summed E-state index contributed by atoms with van der Waals surface area (Å²) in [4.78, 5) is 39.3. The van der Waals surface area contributed by atoms with E-state index in [0.717, 1.165) is 10.4 Å². The number of rotatable bonds is 7. The summed E-state index contributed by atoms with van der Waals surface area (Å²) in [6.45, 7) is 1.22. The molecule has 0 spiro atoms. The summed E-state index contributed by atoms with van der Waals surface area (Å²) >= 11 is 1.52. The highest BCUT2D eigenvalue weighted by Crippen LogP contribution is 2.31. The van der Waals surface area contributed by atoms with Crippen LogP contribution in [0.2, 0.25) is 0 Å². The molecule has 0 saturated heterocycles. The van der Waals surface area contributed by atoms with E-state index >= 15 is 0 Å². The maximum absolute atomic E-state index is 13.1. The van der Waals surface area contributed by atoms with Crippen molar-refractivity contribution >= 4 is 52.7 Å². The molecule has 2 aromatic heterocycles. The highest BCUT2D eigenvalue weighted by Gasteiger charge is 2.30. The Bertz CT molecular complexity index is 1240. The smallest absolute Gasteiger partial charge is 0.260 e. The van der Waals surface area contributed by atoms with Gasteiger partial charge in [-0.25, -0.2) is 5.43 Å². The lowest BCUT2D eigenvalue weighted by Crippen LogP contribution is -2.36. The fourth-order valence-corrected chi connectivity index (χ4v) is 3.88. The van der Waals surface area contributed by atoms with Gasteiger partial charge in [0, 0.05) is 23.1 Å². The number of hydrazone groups is 1. The molecule has 3 amide bonds. The second-order valence-electron chi connectivity index (χ2n) is 7.10. The van der Waals surface area contributed by atoms with Gasteiger partial charge in [0.05, 0.1) is 18.2 Å². The fourth-order valence-electron chi connectivity index (χ4n) is 3.22. The van der Waals surface area contributed by atoms with E-state index in [9.17, 15) is 14.4 Å². The molecule has 8 nitrogen and oxygen atoms in total. The van der Waals surface area contributed by atoms with Gasteiger partial charge in [0.2, 0.25) is 5.91 Å². The first-order valence-electron chi connectivity index (χ1n) is 10.0. The van der Waals surface area contributed by atoms with Crippen LogP contribution in [0.15, 0.2) is 81.3 Å². The Hall–Kier alpha value is -4.24. The van der Waals surface area contributed by atoms with Crippen molar-refractivity contribution in [2.24, 2.45) is 5.10 Å². The molecular weight excluding hydrogens is 440 g/mol. The number of nitrogens with zero attached hydrogens (tertiary/aromatic N) is 2. The second-order valence-corrected chi connectivity index (χ2v) is 8.08. The molecule has 0 fully saturated rings. The predicted octanol–water partition coefficient (Wildman–Crippen LogP) is 3.72. The minimum atomic E-state index is -0.454. The molecule has 3 aromatic rings. The zero-order valence-electron chi connectivity index (χ0n) is 17.6. The summed E-state index contributed by atoms with van der Waals surface area (Å²) < 4.78 is 5.13. The van der Waals surface area contributed by atoms with E-state index in [1.54, 1.807) is 48.6 Å². The Kier molecular flexibility index (Phi) is 6.61. The molecule has 0 unspecified atom stereocenters. The minimum Gasteiger partial charge on any atom is -0.463 e. The Morgan fingerprint density at radius 2 is 1.97 bits per heavy atom. The van der Waals surface area contributed by atoms with Gasteiger partial charge in [0.1, 0.15) is 12.3 Å². The Balaban J connectivity index is 1.56. The van der Waals surface area contributed by atoms with Crippen molar-refractivity contribution in [1.29, 1.82) is 0 Å². The number of carbonyl (C=O) groups excluding carboxylic acids is 3. The van der Waals surface area contributed by atoms with Gasteiger partial charge >= 0.3 is 0 Å². The molecule has 0 radical (unpaired) electrons. The maximum Gasteiger partial charge on any atom is 0.260 e. The first kappa shape index (κ1) is 22.0. The van der Waals surface area contributed by atoms with Gasteiger partial charge in [-0.15, -0.1) is 11.3 Å². The van der Waals surface area contributed by atoms with Crippen LogP contribution in [0.25, 0.3) is 11.8 Å². The lowest BCUT2D eigenvalue weighted by molar-refractivity contribution is -0.129. The number of hydrogen-bond acceptors (Lipinski definition) is 6. The highest BCUT2D eigenvalue weighted by molar-refractivity contribution is 7.10. The molecule has 0 bridgehead atoms. The number of benzene rings is 1. The van der Waals surface area contributed by atoms with Crippen LogP contribution in [0.5, 0.6) is 0 Å². The number of nitrogens with one attached hydrogen (secondary N) is 2. The standard InChI is InChI=1S/C24H20N4O4S/c1-16(29)26-19-8-6-17(7-9-19)22-13-18(12-21-5-3-11-33-21)24(31)28(22)15-23(30)27-25-14-20-4-2-10-32-20/h2-14H,15H2,1H3,(H,26,29)(H,27,30)/b18-12+,25-14+. The van der Waals surface area contributed by atoms with Crippen LogP contribution in [0.4, 0.5) is 5.69 Å². The van der Waals surface area contributed by atoms with E-state index in [2.05, 4.69) is 15.8 Å². The average Bonchev–Trinajstić information content (AvgIpc) is 3.54. The summed E-state index contributed by atoms with van der Waals surface area (Å²) in [6.07, 6.45) is 6.44. The summed E-state index contributed by atoms with van der Waals surface area (Å²) in [5.74, 6) is -0.417. The molecule has 0 aliphatic carbocycles. The van der Waals surface area contributed by atoms with Crippen molar-refractivity contribution < 1.29 is 18.8 Å². The lowest BCUT2D eigenvalue weighted by atomic mass is 10.1. The van der Waals surface area contributed by atoms with Crippen molar-refractivity contribution in [2.45, 2.75) is 6.92 Å². The van der Waals surface area contributed by atoms with E-state index in [1.165, 1.54) is 35.6 Å². The van der Waals surface area contributed by atoms with Gasteiger partial charge in [-0.3, -0.25) is 19.3 Å². The fraction of sp³-hybridized carbons (Fsp3) is 0.0833. The second kappa shape index (κ2) is 9.92. The van der Waals surface area contributed by atoms with E-state index in [4.69, 9.17) is 4.42 Å². The summed E-state index contributed by atoms with van der Waals surface area (Å²) in [7, 11) is 0. The van der Waals surface area contributed by atoms with Crippen molar-refractivity contribution in [3.63, 3.8) is 0 Å². The third-order valence-corrected chi connectivity index (χ3v) is 5.46. The maximum atomic E-state index is 13.1. The van der Waals surface area contributed by atoms with Crippen LogP contribution >= 0.6 is 11.3 Å². The number of furan rings is 1. The Morgan fingerprint density at radius 3 is 2.64 bits per heavy atom. The minimum absolute atomic E-state index is 0.174. The summed E-state index contributed by atoms with van der Waals surface area (Å²) in [6, 6.07) is 14.3. The van der Waals surface area contributed by atoms with E-state index in [0.29, 0.717) is 22.7 Å². The zero-order valence-corrected chi connectivity index (χ0v) is 18.5. The number of hydrogen-bond donors (Lipinski definition) is 2. The van der Waals surface area contributed by atoms with Gasteiger partial charge in [0.25, 0.3) is 11.8 Å². The molecule has 1 aromatic carbocycles. The normalized spacial score (nSPS) is 14.7. The molecule has 1 aliphatic rings. The van der Waals surface area contributed by atoms with Gasteiger partial charge in [0.15, 0.2) is 0 Å². The molecule has 33 heavy (non-hydrogen) atoms. The molecule has 9 heteroatoms. The zero-order chi connectivity index (χ0) is 23.2. The largest absolute Gasteiger partial charge is 0.463 e. The van der Waals surface area contributed by atoms with E-state index in [-0.39, 0.29) is 18.4 Å².